The predicted octanol–water partition coefficient (Wildman–Crippen LogP) is 5.81. The van der Waals surface area contributed by atoms with Gasteiger partial charge < -0.3 is 5.32 Å². The minimum Gasteiger partial charge on any atom is -0.378 e. The molecular formula is C22H18FN. The van der Waals surface area contributed by atoms with Gasteiger partial charge in [-0.15, -0.1) is 0 Å². The van der Waals surface area contributed by atoms with Crippen LogP contribution in [0.5, 0.6) is 0 Å². The number of hydrogen-bond donors (Lipinski definition) is 1. The molecule has 0 bridgehead atoms. The molecule has 1 aliphatic heterocycles. The molecule has 1 N–H and O–H groups in total. The van der Waals surface area contributed by atoms with Gasteiger partial charge in [0, 0.05) is 17.2 Å². The first kappa shape index (κ1) is 13.8. The molecule has 3 atom stereocenters. The normalized spacial score (nSPS) is 24.5. The Hall–Kier alpha value is -2.61. The van der Waals surface area contributed by atoms with E-state index in [4.69, 9.17) is 0 Å². The molecule has 2 heteroatoms. The number of benzene rings is 3. The van der Waals surface area contributed by atoms with E-state index in [-0.39, 0.29) is 11.9 Å². The summed E-state index contributed by atoms with van der Waals surface area (Å²) >= 11 is 0. The summed E-state index contributed by atoms with van der Waals surface area (Å²) in [6, 6.07) is 20.0. The topological polar surface area (TPSA) is 12.0 Å². The van der Waals surface area contributed by atoms with Crippen molar-refractivity contribution in [2.75, 3.05) is 5.32 Å². The second-order valence-corrected chi connectivity index (χ2v) is 6.74. The quantitative estimate of drug-likeness (QED) is 0.559. The largest absolute Gasteiger partial charge is 0.378 e. The third kappa shape index (κ3) is 1.92. The number of fused-ring (bicyclic) bond motifs is 5. The van der Waals surface area contributed by atoms with Crippen LogP contribution in [0.4, 0.5) is 10.1 Å². The highest BCUT2D eigenvalue weighted by Gasteiger charge is 2.39. The number of anilines is 1. The molecule has 3 aromatic carbocycles. The first-order chi connectivity index (χ1) is 11.8. The number of rotatable bonds is 1. The lowest BCUT2D eigenvalue weighted by atomic mass is 9.75. The minimum atomic E-state index is -0.120. The van der Waals surface area contributed by atoms with Gasteiger partial charge in [-0.2, -0.15) is 0 Å². The van der Waals surface area contributed by atoms with E-state index in [9.17, 15) is 4.39 Å². The summed E-state index contributed by atoms with van der Waals surface area (Å²) in [6.45, 7) is 0. The van der Waals surface area contributed by atoms with Crippen LogP contribution in [0.25, 0.3) is 10.8 Å². The Morgan fingerprint density at radius 1 is 0.917 bits per heavy atom. The van der Waals surface area contributed by atoms with E-state index >= 15 is 0 Å². The highest BCUT2D eigenvalue weighted by Crippen LogP contribution is 2.51. The van der Waals surface area contributed by atoms with Crippen molar-refractivity contribution in [2.45, 2.75) is 18.4 Å². The fourth-order valence-electron chi connectivity index (χ4n) is 4.42. The van der Waals surface area contributed by atoms with E-state index in [1.54, 1.807) is 12.1 Å². The van der Waals surface area contributed by atoms with Gasteiger partial charge in [0.05, 0.1) is 6.04 Å². The van der Waals surface area contributed by atoms with Gasteiger partial charge in [0.1, 0.15) is 5.82 Å². The molecule has 1 aliphatic carbocycles. The third-order valence-electron chi connectivity index (χ3n) is 5.50. The molecule has 0 spiro atoms. The van der Waals surface area contributed by atoms with Crippen molar-refractivity contribution in [3.63, 3.8) is 0 Å². The summed E-state index contributed by atoms with van der Waals surface area (Å²) in [4.78, 5) is 0. The van der Waals surface area contributed by atoms with Crippen LogP contribution in [0.1, 0.15) is 29.5 Å². The van der Waals surface area contributed by atoms with Crippen molar-refractivity contribution < 1.29 is 4.39 Å². The van der Waals surface area contributed by atoms with Gasteiger partial charge in [-0.25, -0.2) is 4.39 Å². The van der Waals surface area contributed by atoms with Crippen molar-refractivity contribution in [3.05, 3.63) is 89.8 Å². The van der Waals surface area contributed by atoms with E-state index in [1.807, 2.05) is 12.1 Å². The van der Waals surface area contributed by atoms with E-state index in [2.05, 4.69) is 53.9 Å². The lowest BCUT2D eigenvalue weighted by Crippen LogP contribution is -2.29. The van der Waals surface area contributed by atoms with Crippen LogP contribution in [0, 0.1) is 11.7 Å². The van der Waals surface area contributed by atoms with Crippen molar-refractivity contribution in [3.8, 4) is 0 Å². The van der Waals surface area contributed by atoms with Gasteiger partial charge >= 0.3 is 0 Å². The van der Waals surface area contributed by atoms with Crippen molar-refractivity contribution in [1.29, 1.82) is 0 Å². The minimum absolute atomic E-state index is 0.0138. The summed E-state index contributed by atoms with van der Waals surface area (Å²) in [6.07, 6.45) is 5.55. The Morgan fingerprint density at radius 3 is 2.67 bits per heavy atom. The molecule has 0 aromatic heterocycles. The molecule has 0 amide bonds. The summed E-state index contributed by atoms with van der Waals surface area (Å²) in [7, 11) is 0. The molecule has 0 radical (unpaired) electrons. The van der Waals surface area contributed by atoms with E-state index in [1.165, 1.54) is 16.3 Å². The highest BCUT2D eigenvalue weighted by molar-refractivity contribution is 5.91. The maximum Gasteiger partial charge on any atom is 0.128 e. The van der Waals surface area contributed by atoms with Crippen molar-refractivity contribution in [1.82, 2.24) is 0 Å². The van der Waals surface area contributed by atoms with E-state index in [0.717, 1.165) is 17.7 Å². The Bertz CT molecular complexity index is 959. The van der Waals surface area contributed by atoms with Gasteiger partial charge in [-0.05, 0) is 40.8 Å². The third-order valence-corrected chi connectivity index (χ3v) is 5.50. The van der Waals surface area contributed by atoms with Gasteiger partial charge in [-0.1, -0.05) is 60.7 Å². The second-order valence-electron chi connectivity index (χ2n) is 6.74. The Balaban J connectivity index is 1.71. The van der Waals surface area contributed by atoms with Gasteiger partial charge in [-0.3, -0.25) is 0 Å². The summed E-state index contributed by atoms with van der Waals surface area (Å²) in [5.41, 5.74) is 3.27. The molecule has 24 heavy (non-hydrogen) atoms. The van der Waals surface area contributed by atoms with Crippen molar-refractivity contribution in [2.24, 2.45) is 5.92 Å². The smallest absolute Gasteiger partial charge is 0.128 e. The lowest BCUT2D eigenvalue weighted by molar-refractivity contribution is 0.415. The average Bonchev–Trinajstić information content (AvgIpc) is 3.11. The zero-order chi connectivity index (χ0) is 16.1. The van der Waals surface area contributed by atoms with Crippen LogP contribution < -0.4 is 5.32 Å². The van der Waals surface area contributed by atoms with Crippen LogP contribution in [0.2, 0.25) is 0 Å². The second kappa shape index (κ2) is 5.20. The van der Waals surface area contributed by atoms with Crippen LogP contribution in [0.15, 0.2) is 72.8 Å². The van der Waals surface area contributed by atoms with Crippen LogP contribution in [0.3, 0.4) is 0 Å². The number of allylic oxidation sites excluding steroid dienone is 2. The summed E-state index contributed by atoms with van der Waals surface area (Å²) in [5, 5.41) is 6.20. The average molecular weight is 315 g/mol. The SMILES string of the molecule is Fc1ccccc1[C@@H]1Nc2ccc3ccccc3c2[C@H]2C=CC[C@@H]21. The molecule has 1 heterocycles. The maximum absolute atomic E-state index is 14.4. The predicted molar refractivity (Wildman–Crippen MR) is 96.7 cm³/mol. The fraction of sp³-hybridized carbons (Fsp3) is 0.182. The highest BCUT2D eigenvalue weighted by atomic mass is 19.1. The molecule has 3 aromatic rings. The zero-order valence-corrected chi connectivity index (χ0v) is 13.2. The van der Waals surface area contributed by atoms with Crippen LogP contribution in [-0.2, 0) is 0 Å². The molecule has 0 fully saturated rings. The molecule has 5 rings (SSSR count). The number of halogens is 1. The molecule has 118 valence electrons. The summed E-state index contributed by atoms with van der Waals surface area (Å²) < 4.78 is 14.4. The van der Waals surface area contributed by atoms with E-state index in [0.29, 0.717) is 11.8 Å². The lowest BCUT2D eigenvalue weighted by Gasteiger charge is -2.38. The Labute approximate surface area is 140 Å². The van der Waals surface area contributed by atoms with E-state index < -0.39 is 0 Å². The van der Waals surface area contributed by atoms with Gasteiger partial charge in [0.25, 0.3) is 0 Å². The monoisotopic (exact) mass is 315 g/mol. The first-order valence-electron chi connectivity index (χ1n) is 8.52. The van der Waals surface area contributed by atoms with Crippen LogP contribution >= 0.6 is 0 Å². The molecular weight excluding hydrogens is 297 g/mol. The summed E-state index contributed by atoms with van der Waals surface area (Å²) in [5.74, 6) is 0.585. The Kier molecular flexibility index (Phi) is 2.99. The number of nitrogens with one attached hydrogen (secondary N) is 1. The van der Waals surface area contributed by atoms with Crippen molar-refractivity contribution >= 4 is 16.5 Å². The molecule has 2 aliphatic rings. The standard InChI is InChI=1S/C22H18FN/c23-19-11-4-3-8-18(19)22-17-10-5-9-16(17)21-15-7-2-1-6-14(15)12-13-20(21)24-22/h1-9,11-13,16-17,22,24H,10H2/t16-,17-,22+/m0/s1. The molecule has 1 nitrogen and oxygen atoms in total. The maximum atomic E-state index is 14.4. The zero-order valence-electron chi connectivity index (χ0n) is 13.2. The Morgan fingerprint density at radius 2 is 1.75 bits per heavy atom. The van der Waals surface area contributed by atoms with Gasteiger partial charge in [0.15, 0.2) is 0 Å². The van der Waals surface area contributed by atoms with Crippen LogP contribution in [-0.4, -0.2) is 0 Å². The molecule has 0 saturated carbocycles. The molecule has 0 unspecified atom stereocenters. The fourth-order valence-corrected chi connectivity index (χ4v) is 4.42. The number of hydrogen-bond acceptors (Lipinski definition) is 1. The van der Waals surface area contributed by atoms with Gasteiger partial charge in [0.2, 0.25) is 0 Å². The first-order valence-corrected chi connectivity index (χ1v) is 8.52. The molecule has 0 saturated heterocycles.